The Morgan fingerprint density at radius 1 is 0.800 bits per heavy atom. The summed E-state index contributed by atoms with van der Waals surface area (Å²) >= 11 is 0. The van der Waals surface area contributed by atoms with Gasteiger partial charge in [-0.2, -0.15) is 0 Å². The number of aromatic amines is 1. The smallest absolute Gasteiger partial charge is 0.341 e. The van der Waals surface area contributed by atoms with Crippen LogP contribution < -0.4 is 5.32 Å². The second-order valence-electron chi connectivity index (χ2n) is 7.79. The van der Waals surface area contributed by atoms with Crippen molar-refractivity contribution in [2.45, 2.75) is 6.10 Å². The van der Waals surface area contributed by atoms with E-state index in [1.54, 1.807) is 54.7 Å². The first-order chi connectivity index (χ1) is 17.1. The van der Waals surface area contributed by atoms with E-state index in [1.165, 1.54) is 18.4 Å². The van der Waals surface area contributed by atoms with Crippen molar-refractivity contribution in [2.24, 2.45) is 0 Å². The van der Waals surface area contributed by atoms with Crippen molar-refractivity contribution >= 4 is 34.3 Å². The van der Waals surface area contributed by atoms with Gasteiger partial charge in [-0.25, -0.2) is 4.79 Å². The van der Waals surface area contributed by atoms with Crippen LogP contribution in [0.1, 0.15) is 42.9 Å². The first kappa shape index (κ1) is 21.9. The molecule has 1 unspecified atom stereocenters. The summed E-state index contributed by atoms with van der Waals surface area (Å²) in [6.45, 7) is 0. The molecule has 0 aliphatic carbocycles. The monoisotopic (exact) mass is 464 g/mol. The topological polar surface area (TPSA) is 101 Å². The van der Waals surface area contributed by atoms with Gasteiger partial charge in [0.05, 0.1) is 17.5 Å². The van der Waals surface area contributed by atoms with Crippen molar-refractivity contribution in [3.8, 4) is 0 Å². The summed E-state index contributed by atoms with van der Waals surface area (Å²) in [4.78, 5) is 42.5. The van der Waals surface area contributed by atoms with Crippen LogP contribution >= 0.6 is 0 Å². The van der Waals surface area contributed by atoms with Gasteiger partial charge in [0.15, 0.2) is 11.9 Å². The molecular weight excluding hydrogens is 444 g/mol. The Morgan fingerprint density at radius 3 is 2.34 bits per heavy atom. The van der Waals surface area contributed by atoms with E-state index < -0.39 is 18.0 Å². The minimum Gasteiger partial charge on any atom is -0.459 e. The number of para-hydroxylation sites is 2. The number of carbonyl (C=O) groups is 3. The van der Waals surface area contributed by atoms with Crippen LogP contribution in [0.3, 0.4) is 0 Å². The third kappa shape index (κ3) is 4.47. The maximum atomic E-state index is 13.6. The first-order valence-electron chi connectivity index (χ1n) is 10.9. The number of benzene rings is 3. The number of H-pyrrole nitrogens is 1. The number of amides is 1. The SMILES string of the molecule is O=C(Nc1ccccc1C(=O)OC(C(=O)c1c[nH]c2ccccc12)c1ccccc1)c1ccco1. The predicted octanol–water partition coefficient (Wildman–Crippen LogP) is 5.79. The van der Waals surface area contributed by atoms with E-state index in [4.69, 9.17) is 9.15 Å². The highest BCUT2D eigenvalue weighted by Crippen LogP contribution is 2.29. The van der Waals surface area contributed by atoms with Crippen LogP contribution in [0.15, 0.2) is 108 Å². The van der Waals surface area contributed by atoms with Crippen molar-refractivity contribution in [1.82, 2.24) is 4.98 Å². The Hall–Kier alpha value is -4.91. The number of esters is 1. The van der Waals surface area contributed by atoms with Gasteiger partial charge in [-0.3, -0.25) is 9.59 Å². The third-order valence-electron chi connectivity index (χ3n) is 5.56. The lowest BCUT2D eigenvalue weighted by Crippen LogP contribution is -2.21. The molecule has 5 rings (SSSR count). The molecule has 0 fully saturated rings. The molecule has 35 heavy (non-hydrogen) atoms. The number of fused-ring (bicyclic) bond motifs is 1. The molecule has 0 aliphatic heterocycles. The fourth-order valence-electron chi connectivity index (χ4n) is 3.85. The van der Waals surface area contributed by atoms with E-state index in [9.17, 15) is 14.4 Å². The number of aromatic nitrogens is 1. The molecular formula is C28H20N2O5. The number of Topliss-reactive ketones (excluding diaryl/α,β-unsaturated/α-hetero) is 1. The van der Waals surface area contributed by atoms with Gasteiger partial charge in [0.2, 0.25) is 5.78 Å². The number of hydrogen-bond donors (Lipinski definition) is 2. The van der Waals surface area contributed by atoms with Crippen molar-refractivity contribution in [1.29, 1.82) is 0 Å². The molecule has 0 spiro atoms. The summed E-state index contributed by atoms with van der Waals surface area (Å²) in [5.74, 6) is -1.52. The quantitative estimate of drug-likeness (QED) is 0.234. The fourth-order valence-corrected chi connectivity index (χ4v) is 3.85. The maximum Gasteiger partial charge on any atom is 0.341 e. The van der Waals surface area contributed by atoms with Gasteiger partial charge in [-0.05, 0) is 30.3 Å². The molecule has 2 heterocycles. The fraction of sp³-hybridized carbons (Fsp3) is 0.0357. The Kier molecular flexibility index (Phi) is 5.96. The van der Waals surface area contributed by atoms with Gasteiger partial charge in [-0.15, -0.1) is 0 Å². The summed E-state index contributed by atoms with van der Waals surface area (Å²) in [6.07, 6.45) is 1.82. The van der Waals surface area contributed by atoms with Crippen molar-refractivity contribution < 1.29 is 23.5 Å². The lowest BCUT2D eigenvalue weighted by molar-refractivity contribution is 0.0281. The first-order valence-corrected chi connectivity index (χ1v) is 10.9. The number of carbonyl (C=O) groups excluding carboxylic acids is 3. The van der Waals surface area contributed by atoms with Crippen LogP contribution in [-0.2, 0) is 4.74 Å². The largest absolute Gasteiger partial charge is 0.459 e. The summed E-state index contributed by atoms with van der Waals surface area (Å²) in [6, 6.07) is 25.8. The number of rotatable bonds is 7. The average Bonchev–Trinajstić information content (AvgIpc) is 3.58. The van der Waals surface area contributed by atoms with Crippen LogP contribution in [0.5, 0.6) is 0 Å². The summed E-state index contributed by atoms with van der Waals surface area (Å²) in [5, 5.41) is 3.40. The number of furan rings is 1. The minimum atomic E-state index is -1.18. The van der Waals surface area contributed by atoms with Crippen LogP contribution in [-0.4, -0.2) is 22.6 Å². The van der Waals surface area contributed by atoms with Crippen molar-refractivity contribution in [3.05, 3.63) is 126 Å². The zero-order chi connectivity index (χ0) is 24.2. The van der Waals surface area contributed by atoms with Gasteiger partial charge in [0.1, 0.15) is 0 Å². The third-order valence-corrected chi connectivity index (χ3v) is 5.56. The highest BCUT2D eigenvalue weighted by atomic mass is 16.5. The molecule has 5 aromatic rings. The molecule has 0 saturated carbocycles. The van der Waals surface area contributed by atoms with Crippen molar-refractivity contribution in [3.63, 3.8) is 0 Å². The van der Waals surface area contributed by atoms with Crippen molar-refractivity contribution in [2.75, 3.05) is 5.32 Å². The lowest BCUT2D eigenvalue weighted by Gasteiger charge is -2.18. The Bertz CT molecular complexity index is 1500. The zero-order valence-corrected chi connectivity index (χ0v) is 18.4. The summed E-state index contributed by atoms with van der Waals surface area (Å²) in [7, 11) is 0. The summed E-state index contributed by atoms with van der Waals surface area (Å²) in [5.41, 5.74) is 2.11. The molecule has 7 heteroatoms. The number of ketones is 1. The maximum absolute atomic E-state index is 13.6. The van der Waals surface area contributed by atoms with Gasteiger partial charge < -0.3 is 19.5 Å². The number of anilines is 1. The number of hydrogen-bond acceptors (Lipinski definition) is 5. The van der Waals surface area contributed by atoms with Crippen LogP contribution in [0.2, 0.25) is 0 Å². The Morgan fingerprint density at radius 2 is 1.54 bits per heavy atom. The van der Waals surface area contributed by atoms with E-state index in [-0.39, 0.29) is 22.8 Å². The molecule has 172 valence electrons. The molecule has 1 atom stereocenters. The molecule has 7 nitrogen and oxygen atoms in total. The van der Waals surface area contributed by atoms with E-state index >= 15 is 0 Å². The average molecular weight is 464 g/mol. The number of nitrogens with one attached hydrogen (secondary N) is 2. The molecule has 0 radical (unpaired) electrons. The molecule has 1 amide bonds. The molecule has 0 bridgehead atoms. The zero-order valence-electron chi connectivity index (χ0n) is 18.4. The molecule has 2 N–H and O–H groups in total. The van der Waals surface area contributed by atoms with Crippen LogP contribution in [0.4, 0.5) is 5.69 Å². The van der Waals surface area contributed by atoms with E-state index in [0.717, 1.165) is 10.9 Å². The van der Waals surface area contributed by atoms with E-state index in [2.05, 4.69) is 10.3 Å². The number of ether oxygens (including phenoxy) is 1. The van der Waals surface area contributed by atoms with Gasteiger partial charge in [0.25, 0.3) is 5.91 Å². The van der Waals surface area contributed by atoms with Crippen LogP contribution in [0.25, 0.3) is 10.9 Å². The molecule has 0 aliphatic rings. The second-order valence-corrected chi connectivity index (χ2v) is 7.79. The molecule has 0 saturated heterocycles. The second kappa shape index (κ2) is 9.52. The van der Waals surface area contributed by atoms with Gasteiger partial charge in [0, 0.05) is 28.2 Å². The highest BCUT2D eigenvalue weighted by Gasteiger charge is 2.29. The van der Waals surface area contributed by atoms with E-state index in [0.29, 0.717) is 11.1 Å². The summed E-state index contributed by atoms with van der Waals surface area (Å²) < 4.78 is 10.9. The standard InChI is InChI=1S/C28H20N2O5/c31-25(21-17-29-22-13-6-4-11-19(21)22)26(18-9-2-1-3-10-18)35-28(33)20-12-5-7-14-23(20)30-27(32)24-15-8-16-34-24/h1-17,26,29H,(H,30,32). The van der Waals surface area contributed by atoms with E-state index in [1.807, 2.05) is 30.3 Å². The van der Waals surface area contributed by atoms with Gasteiger partial charge in [-0.1, -0.05) is 60.7 Å². The Labute approximate surface area is 200 Å². The van der Waals surface area contributed by atoms with Gasteiger partial charge >= 0.3 is 5.97 Å². The highest BCUT2D eigenvalue weighted by molar-refractivity contribution is 6.11. The lowest BCUT2D eigenvalue weighted by atomic mass is 9.99. The molecule has 2 aromatic heterocycles. The predicted molar refractivity (Wildman–Crippen MR) is 130 cm³/mol. The normalized spacial score (nSPS) is 11.7. The Balaban J connectivity index is 1.46. The molecule has 3 aromatic carbocycles. The van der Waals surface area contributed by atoms with Crippen LogP contribution in [0, 0.1) is 0 Å². The minimum absolute atomic E-state index is 0.102.